The lowest BCUT2D eigenvalue weighted by molar-refractivity contribution is -0.117. The Hall–Kier alpha value is -3.30. The van der Waals surface area contributed by atoms with Crippen LogP contribution in [0.1, 0.15) is 25.3 Å². The molecule has 0 spiro atoms. The van der Waals surface area contributed by atoms with E-state index in [-0.39, 0.29) is 17.2 Å². The zero-order valence-electron chi connectivity index (χ0n) is 19.2. The summed E-state index contributed by atoms with van der Waals surface area (Å²) in [5.74, 6) is 0.733. The number of amides is 1. The van der Waals surface area contributed by atoms with Gasteiger partial charge in [0.15, 0.2) is 0 Å². The largest absolute Gasteiger partial charge is 0.324 e. The Morgan fingerprint density at radius 1 is 1.09 bits per heavy atom. The molecule has 34 heavy (non-hydrogen) atoms. The van der Waals surface area contributed by atoms with Gasteiger partial charge in [0.1, 0.15) is 0 Å². The van der Waals surface area contributed by atoms with Crippen molar-refractivity contribution < 1.29 is 13.2 Å². The molecule has 1 fully saturated rings. The van der Waals surface area contributed by atoms with Crippen molar-refractivity contribution in [3.8, 4) is 11.3 Å². The Kier molecular flexibility index (Phi) is 5.83. The first-order valence-corrected chi connectivity index (χ1v) is 12.9. The van der Waals surface area contributed by atoms with Gasteiger partial charge in [0.25, 0.3) is 0 Å². The summed E-state index contributed by atoms with van der Waals surface area (Å²) in [6, 6.07) is 14.3. The average Bonchev–Trinajstić information content (AvgIpc) is 2.94. The molecule has 0 bridgehead atoms. The lowest BCUT2D eigenvalue weighted by atomic mass is 10.0. The molecule has 9 heteroatoms. The molecule has 1 atom stereocenters. The highest BCUT2D eigenvalue weighted by molar-refractivity contribution is 7.89. The third kappa shape index (κ3) is 4.17. The second kappa shape index (κ2) is 8.81. The van der Waals surface area contributed by atoms with Crippen LogP contribution in [0.3, 0.4) is 0 Å². The van der Waals surface area contributed by atoms with Crippen molar-refractivity contribution in [3.63, 3.8) is 0 Å². The van der Waals surface area contributed by atoms with Crippen LogP contribution < -0.4 is 10.2 Å². The second-order valence-electron chi connectivity index (χ2n) is 8.97. The Balaban J connectivity index is 1.40. The van der Waals surface area contributed by atoms with Crippen molar-refractivity contribution in [2.75, 3.05) is 30.4 Å². The van der Waals surface area contributed by atoms with Crippen LogP contribution in [0.4, 0.5) is 17.3 Å². The Morgan fingerprint density at radius 2 is 1.85 bits per heavy atom. The van der Waals surface area contributed by atoms with Crippen LogP contribution in [0.25, 0.3) is 11.3 Å². The number of piperidine rings is 1. The lowest BCUT2D eigenvalue weighted by Gasteiger charge is -2.30. The van der Waals surface area contributed by atoms with Crippen molar-refractivity contribution in [2.24, 2.45) is 5.92 Å². The maximum Gasteiger partial charge on any atom is 0.243 e. The fourth-order valence-corrected chi connectivity index (χ4v) is 6.16. The maximum absolute atomic E-state index is 13.0. The summed E-state index contributed by atoms with van der Waals surface area (Å²) in [5, 5.41) is 3.16. The third-order valence-electron chi connectivity index (χ3n) is 6.47. The number of nitrogens with zero attached hydrogens (tertiary/aromatic N) is 4. The van der Waals surface area contributed by atoms with E-state index in [0.717, 1.165) is 29.7 Å². The Bertz CT molecular complexity index is 1340. The molecule has 0 saturated carbocycles. The van der Waals surface area contributed by atoms with Gasteiger partial charge in [0.05, 0.1) is 22.7 Å². The van der Waals surface area contributed by atoms with Gasteiger partial charge in [-0.1, -0.05) is 25.1 Å². The minimum Gasteiger partial charge on any atom is -0.324 e. The number of para-hydroxylation sites is 1. The molecule has 176 valence electrons. The summed E-state index contributed by atoms with van der Waals surface area (Å²) >= 11 is 0. The minimum absolute atomic E-state index is 0.0181. The lowest BCUT2D eigenvalue weighted by Crippen LogP contribution is -2.39. The van der Waals surface area contributed by atoms with Gasteiger partial charge in [-0.2, -0.15) is 4.31 Å². The van der Waals surface area contributed by atoms with Crippen LogP contribution in [0.15, 0.2) is 59.6 Å². The third-order valence-corrected chi connectivity index (χ3v) is 8.35. The molecule has 8 nitrogen and oxygen atoms in total. The molecule has 5 rings (SSSR count). The number of hydrogen-bond acceptors (Lipinski definition) is 6. The molecule has 1 N–H and O–H groups in total. The van der Waals surface area contributed by atoms with E-state index in [0.29, 0.717) is 36.3 Å². The van der Waals surface area contributed by atoms with Crippen molar-refractivity contribution in [1.82, 2.24) is 14.3 Å². The summed E-state index contributed by atoms with van der Waals surface area (Å²) < 4.78 is 27.6. The number of sulfonamides is 1. The first-order valence-electron chi connectivity index (χ1n) is 11.4. The molecule has 1 amide bonds. The molecule has 1 unspecified atom stereocenters. The van der Waals surface area contributed by atoms with Crippen LogP contribution >= 0.6 is 0 Å². The highest BCUT2D eigenvalue weighted by atomic mass is 32.2. The molecule has 3 aromatic rings. The highest BCUT2D eigenvalue weighted by Crippen LogP contribution is 2.35. The zero-order valence-corrected chi connectivity index (χ0v) is 20.0. The number of hydrogen-bond donors (Lipinski definition) is 1. The minimum atomic E-state index is -3.51. The maximum atomic E-state index is 13.0. The van der Waals surface area contributed by atoms with Crippen molar-refractivity contribution in [2.45, 2.75) is 31.1 Å². The van der Waals surface area contributed by atoms with Gasteiger partial charge in [-0.25, -0.2) is 18.4 Å². The van der Waals surface area contributed by atoms with E-state index in [9.17, 15) is 13.2 Å². The molecule has 1 aromatic heterocycles. The van der Waals surface area contributed by atoms with Crippen molar-refractivity contribution in [3.05, 3.63) is 60.3 Å². The van der Waals surface area contributed by atoms with Crippen LogP contribution in [-0.2, 0) is 21.2 Å². The number of rotatable bonds is 4. The number of aromatic nitrogens is 2. The molecule has 2 aliphatic heterocycles. The van der Waals surface area contributed by atoms with E-state index in [1.807, 2.05) is 24.3 Å². The average molecular weight is 478 g/mol. The molecular weight excluding hydrogens is 450 g/mol. The fourth-order valence-electron chi connectivity index (χ4n) is 4.56. The number of likely N-dealkylation sites (N-methyl/N-ethyl adjacent to an activating group) is 1. The number of fused-ring (bicyclic) bond motifs is 3. The smallest absolute Gasteiger partial charge is 0.243 e. The van der Waals surface area contributed by atoms with Crippen LogP contribution in [0.5, 0.6) is 0 Å². The number of carbonyl (C=O) groups is 1. The van der Waals surface area contributed by atoms with Gasteiger partial charge >= 0.3 is 0 Å². The second-order valence-corrected chi connectivity index (χ2v) is 10.9. The van der Waals surface area contributed by atoms with Crippen LogP contribution in [0.2, 0.25) is 0 Å². The molecule has 2 aliphatic rings. The molecule has 0 radical (unpaired) electrons. The van der Waals surface area contributed by atoms with E-state index in [1.165, 1.54) is 0 Å². The zero-order chi connectivity index (χ0) is 23.9. The van der Waals surface area contributed by atoms with E-state index in [4.69, 9.17) is 4.98 Å². The van der Waals surface area contributed by atoms with Gasteiger partial charge < -0.3 is 10.2 Å². The van der Waals surface area contributed by atoms with Crippen molar-refractivity contribution >= 4 is 33.3 Å². The summed E-state index contributed by atoms with van der Waals surface area (Å²) in [7, 11) is -1.74. The number of carbonyl (C=O) groups excluding carboxylic acids is 1. The topological polar surface area (TPSA) is 95.5 Å². The summed E-state index contributed by atoms with van der Waals surface area (Å²) in [5.41, 5.74) is 3.83. The van der Waals surface area contributed by atoms with Gasteiger partial charge in [0, 0.05) is 43.1 Å². The van der Waals surface area contributed by atoms with E-state index >= 15 is 0 Å². The first-order chi connectivity index (χ1) is 16.3. The van der Waals surface area contributed by atoms with E-state index in [1.54, 1.807) is 46.7 Å². The summed E-state index contributed by atoms with van der Waals surface area (Å²) in [4.78, 5) is 23.6. The van der Waals surface area contributed by atoms with E-state index < -0.39 is 10.0 Å². The number of benzene rings is 2. The van der Waals surface area contributed by atoms with Crippen molar-refractivity contribution in [1.29, 1.82) is 0 Å². The number of anilines is 3. The van der Waals surface area contributed by atoms with Crippen LogP contribution in [0, 0.1) is 5.92 Å². The standard InChI is InChI=1S/C25H27N5O3S/c1-17-6-5-13-30(16-17)34(32,33)20-11-9-19(10-12-20)27-25-26-15-18-14-23(31)29(2)22-8-4-3-7-21(22)24(18)28-25/h3-4,7-12,15,17H,5-6,13-14,16H2,1-2H3,(H,26,27,28). The van der Waals surface area contributed by atoms with Gasteiger partial charge in [-0.3, -0.25) is 4.79 Å². The molecule has 0 aliphatic carbocycles. The Morgan fingerprint density at radius 3 is 2.62 bits per heavy atom. The molecular formula is C25H27N5O3S. The molecule has 2 aromatic carbocycles. The molecule has 1 saturated heterocycles. The quantitative estimate of drug-likeness (QED) is 0.614. The monoisotopic (exact) mass is 477 g/mol. The number of nitrogens with one attached hydrogen (secondary N) is 1. The van der Waals surface area contributed by atoms with E-state index in [2.05, 4.69) is 17.2 Å². The summed E-state index contributed by atoms with van der Waals surface area (Å²) in [6.45, 7) is 3.21. The SMILES string of the molecule is CC1CCCN(S(=O)(=O)c2ccc(Nc3ncc4c(n3)-c3ccccc3N(C)C(=O)C4)cc2)C1. The van der Waals surface area contributed by atoms with Gasteiger partial charge in [-0.05, 0) is 49.1 Å². The fraction of sp³-hybridized carbons (Fsp3) is 0.320. The molecule has 3 heterocycles. The normalized spacial score (nSPS) is 18.7. The van der Waals surface area contributed by atoms with Gasteiger partial charge in [-0.15, -0.1) is 0 Å². The predicted octanol–water partition coefficient (Wildman–Crippen LogP) is 3.83. The van der Waals surface area contributed by atoms with Crippen LogP contribution in [-0.4, -0.2) is 48.7 Å². The highest BCUT2D eigenvalue weighted by Gasteiger charge is 2.29. The summed E-state index contributed by atoms with van der Waals surface area (Å²) in [6.07, 6.45) is 3.85. The van der Waals surface area contributed by atoms with Gasteiger partial charge in [0.2, 0.25) is 21.9 Å². The Labute approximate surface area is 199 Å². The first kappa shape index (κ1) is 22.5. The predicted molar refractivity (Wildman–Crippen MR) is 131 cm³/mol.